The number of thiophene rings is 1. The van der Waals surface area contributed by atoms with Crippen LogP contribution in [0.4, 0.5) is 10.1 Å². The van der Waals surface area contributed by atoms with Gasteiger partial charge in [0, 0.05) is 51.4 Å². The van der Waals surface area contributed by atoms with Gasteiger partial charge < -0.3 is 15.4 Å². The number of benzene rings is 2. The molecule has 0 bridgehead atoms. The molecule has 3 rings (SSSR count). The zero-order chi connectivity index (χ0) is 41.5. The number of Topliss-reactive ketones (excluding diaryl/α,β-unsaturated/α-hetero) is 2. The van der Waals surface area contributed by atoms with Gasteiger partial charge in [0.25, 0.3) is 5.91 Å². The van der Waals surface area contributed by atoms with E-state index in [0.717, 1.165) is 53.0 Å². The molecule has 3 aromatic rings. The van der Waals surface area contributed by atoms with Crippen LogP contribution in [0.1, 0.15) is 138 Å². The Morgan fingerprint density at radius 3 is 2.21 bits per heavy atom. The molecule has 1 aromatic heterocycles. The first-order chi connectivity index (χ1) is 26.6. The molecule has 10 nitrogen and oxygen atoms in total. The van der Waals surface area contributed by atoms with Crippen LogP contribution in [0.15, 0.2) is 51.6 Å². The molecule has 0 saturated heterocycles. The molecule has 0 fully saturated rings. The summed E-state index contributed by atoms with van der Waals surface area (Å²) in [6.45, 7) is 15.5. The highest BCUT2D eigenvalue weighted by Gasteiger charge is 2.27. The van der Waals surface area contributed by atoms with Crippen LogP contribution in [0.2, 0.25) is 5.02 Å². The first-order valence-corrected chi connectivity index (χ1v) is 20.3. The topological polar surface area (TPSA) is 139 Å². The Hall–Kier alpha value is -4.55. The summed E-state index contributed by atoms with van der Waals surface area (Å²) in [5, 5.41) is 15.6. The Morgan fingerprint density at radius 2 is 1.59 bits per heavy atom. The van der Waals surface area contributed by atoms with E-state index in [0.29, 0.717) is 52.9 Å². The maximum Gasteiger partial charge on any atom is 0.308 e. The quantitative estimate of drug-likeness (QED) is 0.0361. The minimum atomic E-state index is -0.690. The number of nitrogens with zero attached hydrogens (tertiary/aromatic N) is 3. The predicted octanol–water partition coefficient (Wildman–Crippen LogP) is 10.0. The average Bonchev–Trinajstić information content (AvgIpc) is 3.47. The van der Waals surface area contributed by atoms with Gasteiger partial charge in [0.1, 0.15) is 11.9 Å². The van der Waals surface area contributed by atoms with Crippen molar-refractivity contribution in [3.05, 3.63) is 84.8 Å². The first kappa shape index (κ1) is 45.8. The molecular formula is C43H55ClFN5O5S. The predicted molar refractivity (Wildman–Crippen MR) is 227 cm³/mol. The maximum absolute atomic E-state index is 14.8. The smallest absolute Gasteiger partial charge is 0.308 e. The highest BCUT2D eigenvalue weighted by atomic mass is 35.5. The van der Waals surface area contributed by atoms with E-state index >= 15 is 0 Å². The zero-order valence-corrected chi connectivity index (χ0v) is 35.6. The maximum atomic E-state index is 14.8. The van der Waals surface area contributed by atoms with Crippen molar-refractivity contribution in [2.24, 2.45) is 21.1 Å². The summed E-state index contributed by atoms with van der Waals surface area (Å²) in [4.78, 5) is 58.1. The summed E-state index contributed by atoms with van der Waals surface area (Å²) in [6, 6.07) is 9.32. The summed E-state index contributed by atoms with van der Waals surface area (Å²) in [5.41, 5.74) is 4.72. The van der Waals surface area contributed by atoms with Crippen molar-refractivity contribution >= 4 is 69.2 Å². The fourth-order valence-electron chi connectivity index (χ4n) is 6.13. The van der Waals surface area contributed by atoms with Crippen molar-refractivity contribution in [2.45, 2.75) is 106 Å². The van der Waals surface area contributed by atoms with Crippen LogP contribution < -0.4 is 10.6 Å². The standard InChI is InChI=1S/C43H55ClFN5O5S/c1-10-15-26(4)49-50-28(6)35(24-36(52)55-9)48-40(31-16-18-32(44)19-17-31)37-27(5)42(56-30(37)8)43(54)47-23-14-12-13-22-46-34-21-20-33(45)39(38(34)29(7)51)41(53)25(3)11-2/h16-21,25,35,46H,10-15,22-24H2,1-9H3,(H,47,54)/b48-40?,49-26-,50-28+/t25-,35?/m1/s1. The van der Waals surface area contributed by atoms with E-state index < -0.39 is 23.7 Å². The van der Waals surface area contributed by atoms with Gasteiger partial charge in [-0.1, -0.05) is 50.9 Å². The van der Waals surface area contributed by atoms with E-state index in [-0.39, 0.29) is 35.0 Å². The van der Waals surface area contributed by atoms with Crippen molar-refractivity contribution in [1.82, 2.24) is 5.32 Å². The van der Waals surface area contributed by atoms with E-state index in [2.05, 4.69) is 27.8 Å². The minimum Gasteiger partial charge on any atom is -0.469 e. The summed E-state index contributed by atoms with van der Waals surface area (Å²) in [6.07, 6.45) is 4.43. The highest BCUT2D eigenvalue weighted by Crippen LogP contribution is 2.32. The monoisotopic (exact) mass is 807 g/mol. The molecule has 13 heteroatoms. The number of methoxy groups -OCH3 is 1. The Kier molecular flexibility index (Phi) is 18.2. The lowest BCUT2D eigenvalue weighted by atomic mass is 9.90. The molecule has 2 atom stereocenters. The first-order valence-electron chi connectivity index (χ1n) is 19.1. The largest absolute Gasteiger partial charge is 0.469 e. The summed E-state index contributed by atoms with van der Waals surface area (Å²) in [5.74, 6) is -2.48. The molecule has 0 aliphatic heterocycles. The Bertz CT molecular complexity index is 1970. The number of anilines is 1. The molecule has 0 saturated carbocycles. The van der Waals surface area contributed by atoms with E-state index in [4.69, 9.17) is 21.3 Å². The molecule has 1 unspecified atom stereocenters. The van der Waals surface area contributed by atoms with Gasteiger partial charge in [-0.2, -0.15) is 10.2 Å². The van der Waals surface area contributed by atoms with Crippen molar-refractivity contribution in [1.29, 1.82) is 0 Å². The van der Waals surface area contributed by atoms with Crippen molar-refractivity contribution in [3.8, 4) is 0 Å². The Balaban J connectivity index is 1.78. The molecule has 2 aromatic carbocycles. The lowest BCUT2D eigenvalue weighted by molar-refractivity contribution is -0.140. The number of aliphatic imine (C=N–C) groups is 1. The van der Waals surface area contributed by atoms with Crippen LogP contribution in [0.25, 0.3) is 0 Å². The second-order valence-corrected chi connectivity index (χ2v) is 15.6. The molecule has 0 spiro atoms. The molecule has 56 heavy (non-hydrogen) atoms. The molecule has 2 N–H and O–H groups in total. The number of rotatable bonds is 21. The van der Waals surface area contributed by atoms with Crippen LogP contribution in [-0.2, 0) is 9.53 Å². The second-order valence-electron chi connectivity index (χ2n) is 13.9. The Labute approximate surface area is 339 Å². The number of amides is 1. The number of hydrogen-bond acceptors (Lipinski definition) is 10. The molecule has 0 aliphatic carbocycles. The van der Waals surface area contributed by atoms with Gasteiger partial charge in [0.2, 0.25) is 0 Å². The molecule has 1 amide bonds. The summed E-state index contributed by atoms with van der Waals surface area (Å²) in [7, 11) is 1.33. The average molecular weight is 808 g/mol. The number of ether oxygens (including phenoxy) is 1. The number of nitrogens with one attached hydrogen (secondary N) is 2. The summed E-state index contributed by atoms with van der Waals surface area (Å²) >= 11 is 7.63. The second kappa shape index (κ2) is 22.3. The van der Waals surface area contributed by atoms with Crippen molar-refractivity contribution < 1.29 is 28.3 Å². The normalized spacial score (nSPS) is 13.3. The fraction of sp³-hybridized carbons (Fsp3) is 0.465. The van der Waals surface area contributed by atoms with Crippen LogP contribution in [-0.4, -0.2) is 66.8 Å². The summed E-state index contributed by atoms with van der Waals surface area (Å²) < 4.78 is 19.8. The van der Waals surface area contributed by atoms with Gasteiger partial charge in [0.15, 0.2) is 11.6 Å². The van der Waals surface area contributed by atoms with Crippen LogP contribution in [0, 0.1) is 25.6 Å². The third-order valence-electron chi connectivity index (χ3n) is 9.50. The van der Waals surface area contributed by atoms with E-state index in [9.17, 15) is 23.6 Å². The van der Waals surface area contributed by atoms with Crippen LogP contribution >= 0.6 is 22.9 Å². The van der Waals surface area contributed by atoms with Gasteiger partial charge in [0.05, 0.1) is 41.0 Å². The lowest BCUT2D eigenvalue weighted by Gasteiger charge is -2.17. The molecule has 0 radical (unpaired) electrons. The van der Waals surface area contributed by atoms with E-state index in [1.54, 1.807) is 26.0 Å². The molecule has 0 aliphatic rings. The van der Waals surface area contributed by atoms with Gasteiger partial charge in [-0.25, -0.2) is 4.39 Å². The van der Waals surface area contributed by atoms with Gasteiger partial charge in [-0.05, 0) is 96.6 Å². The number of esters is 1. The van der Waals surface area contributed by atoms with Gasteiger partial charge >= 0.3 is 5.97 Å². The molecular weight excluding hydrogens is 753 g/mol. The fourth-order valence-corrected chi connectivity index (χ4v) is 7.34. The number of hydrogen-bond donors (Lipinski definition) is 2. The number of carbonyl (C=O) groups is 4. The Morgan fingerprint density at radius 1 is 0.911 bits per heavy atom. The number of halogens is 2. The SMILES string of the molecule is CCC/C(C)=N\N=C(/C)C(CC(=O)OC)N=C(c1ccc(Cl)cc1)c1c(C)sc(C(=O)NCCCCCNc2ccc(F)c(C(=O)[C@H](C)CC)c2C(C)=O)c1C. The number of ketones is 2. The molecule has 302 valence electrons. The van der Waals surface area contributed by atoms with Crippen LogP contribution in [0.3, 0.4) is 0 Å². The number of carbonyl (C=O) groups excluding carboxylic acids is 4. The highest BCUT2D eigenvalue weighted by molar-refractivity contribution is 7.14. The van der Waals surface area contributed by atoms with E-state index in [1.807, 2.05) is 39.8 Å². The number of aryl methyl sites for hydroxylation is 1. The number of unbranched alkanes of at least 4 members (excludes halogenated alkanes) is 2. The lowest BCUT2D eigenvalue weighted by Crippen LogP contribution is -2.25. The van der Waals surface area contributed by atoms with Crippen molar-refractivity contribution in [2.75, 3.05) is 25.5 Å². The molecule has 1 heterocycles. The van der Waals surface area contributed by atoms with E-state index in [1.165, 1.54) is 37.5 Å². The minimum absolute atomic E-state index is 0.0445. The van der Waals surface area contributed by atoms with Crippen molar-refractivity contribution in [3.63, 3.8) is 0 Å². The third-order valence-corrected chi connectivity index (χ3v) is 11.0. The van der Waals surface area contributed by atoms with Gasteiger partial charge in [-0.15, -0.1) is 11.3 Å². The van der Waals surface area contributed by atoms with Gasteiger partial charge in [-0.3, -0.25) is 24.2 Å². The zero-order valence-electron chi connectivity index (χ0n) is 34.0. The third kappa shape index (κ3) is 12.5. The van der Waals surface area contributed by atoms with Crippen LogP contribution in [0.5, 0.6) is 0 Å².